The van der Waals surface area contributed by atoms with Gasteiger partial charge in [-0.2, -0.15) is 0 Å². The predicted molar refractivity (Wildman–Crippen MR) is 69.5 cm³/mol. The monoisotopic (exact) mass is 267 g/mol. The average Bonchev–Trinajstić information content (AvgIpc) is 2.99. The van der Waals surface area contributed by atoms with Crippen LogP contribution in [0.2, 0.25) is 0 Å². The van der Waals surface area contributed by atoms with Crippen LogP contribution >= 0.6 is 11.3 Å². The molecule has 0 saturated heterocycles. The summed E-state index contributed by atoms with van der Waals surface area (Å²) in [7, 11) is 1.76. The smallest absolute Gasteiger partial charge is 0.307 e. The van der Waals surface area contributed by atoms with Crippen LogP contribution in [-0.2, 0) is 16.0 Å². The number of hydrogen-bond donors (Lipinski definition) is 1. The summed E-state index contributed by atoms with van der Waals surface area (Å²) >= 11 is 1.68. The Hall–Kier alpha value is -1.36. The molecule has 1 aliphatic carbocycles. The molecule has 1 aromatic heterocycles. The largest absolute Gasteiger partial charge is 0.481 e. The van der Waals surface area contributed by atoms with E-state index in [4.69, 9.17) is 5.11 Å². The van der Waals surface area contributed by atoms with E-state index in [1.807, 2.05) is 18.4 Å². The van der Waals surface area contributed by atoms with Crippen LogP contribution in [0, 0.1) is 11.8 Å². The normalized spacial score (nSPS) is 23.4. The quantitative estimate of drug-likeness (QED) is 0.886. The Kier molecular flexibility index (Phi) is 3.71. The van der Waals surface area contributed by atoms with Crippen molar-refractivity contribution in [2.24, 2.45) is 11.8 Å². The summed E-state index contributed by atoms with van der Waals surface area (Å²) in [5, 5.41) is 10.9. The molecule has 2 rings (SSSR count). The van der Waals surface area contributed by atoms with Gasteiger partial charge in [-0.05, 0) is 24.8 Å². The van der Waals surface area contributed by atoms with Gasteiger partial charge in [0.25, 0.3) is 0 Å². The third-order valence-corrected chi connectivity index (χ3v) is 4.41. The van der Waals surface area contributed by atoms with Crippen molar-refractivity contribution >= 4 is 23.2 Å². The summed E-state index contributed by atoms with van der Waals surface area (Å²) in [5.74, 6) is -1.66. The van der Waals surface area contributed by atoms with Crippen LogP contribution in [0.3, 0.4) is 0 Å². The van der Waals surface area contributed by atoms with Crippen LogP contribution in [0.1, 0.15) is 18.2 Å². The Morgan fingerprint density at radius 2 is 2.28 bits per heavy atom. The number of thiophene rings is 1. The first-order valence-corrected chi connectivity index (χ1v) is 6.90. The van der Waals surface area contributed by atoms with Gasteiger partial charge in [-0.15, -0.1) is 11.3 Å². The van der Waals surface area contributed by atoms with E-state index in [0.29, 0.717) is 6.42 Å². The Balaban J connectivity index is 1.89. The van der Waals surface area contributed by atoms with Crippen molar-refractivity contribution in [2.75, 3.05) is 7.05 Å². The van der Waals surface area contributed by atoms with Crippen LogP contribution in [0.4, 0.5) is 0 Å². The molecule has 3 atom stereocenters. The molecule has 1 fully saturated rings. The average molecular weight is 267 g/mol. The van der Waals surface area contributed by atoms with Gasteiger partial charge in [-0.25, -0.2) is 0 Å². The zero-order valence-electron chi connectivity index (χ0n) is 10.5. The summed E-state index contributed by atoms with van der Waals surface area (Å²) in [6.45, 7) is 2.00. The SMILES string of the molecule is CC(Cc1cccs1)N(C)C(=O)[C@@H]1C[C@@H]1C(=O)O. The Morgan fingerprint density at radius 3 is 2.78 bits per heavy atom. The van der Waals surface area contributed by atoms with Crippen molar-refractivity contribution in [3.8, 4) is 0 Å². The molecule has 1 saturated carbocycles. The van der Waals surface area contributed by atoms with E-state index in [9.17, 15) is 9.59 Å². The maximum absolute atomic E-state index is 12.1. The number of carboxylic acid groups (broad SMARTS) is 1. The fourth-order valence-corrected chi connectivity index (χ4v) is 2.90. The first kappa shape index (κ1) is 13.1. The second kappa shape index (κ2) is 5.10. The molecule has 98 valence electrons. The second-order valence-corrected chi connectivity index (χ2v) is 5.90. The second-order valence-electron chi connectivity index (χ2n) is 4.87. The van der Waals surface area contributed by atoms with Crippen molar-refractivity contribution in [3.05, 3.63) is 22.4 Å². The van der Waals surface area contributed by atoms with Gasteiger partial charge in [-0.1, -0.05) is 6.07 Å². The van der Waals surface area contributed by atoms with Crippen LogP contribution in [0.5, 0.6) is 0 Å². The van der Waals surface area contributed by atoms with Gasteiger partial charge in [0, 0.05) is 24.4 Å². The molecule has 1 unspecified atom stereocenters. The predicted octanol–water partition coefficient (Wildman–Crippen LogP) is 1.86. The van der Waals surface area contributed by atoms with Gasteiger partial charge in [0.15, 0.2) is 0 Å². The van der Waals surface area contributed by atoms with Gasteiger partial charge in [0.05, 0.1) is 11.8 Å². The number of carboxylic acids is 1. The summed E-state index contributed by atoms with van der Waals surface area (Å²) in [6, 6.07) is 4.15. The summed E-state index contributed by atoms with van der Waals surface area (Å²) in [4.78, 5) is 25.7. The van der Waals surface area contributed by atoms with Crippen LogP contribution in [0.15, 0.2) is 17.5 Å². The number of carbonyl (C=O) groups excluding carboxylic acids is 1. The lowest BCUT2D eigenvalue weighted by Crippen LogP contribution is -2.37. The lowest BCUT2D eigenvalue weighted by atomic mass is 10.1. The minimum Gasteiger partial charge on any atom is -0.481 e. The van der Waals surface area contributed by atoms with Crippen LogP contribution in [-0.4, -0.2) is 35.0 Å². The van der Waals surface area contributed by atoms with E-state index in [1.54, 1.807) is 23.3 Å². The number of rotatable bonds is 5. The lowest BCUT2D eigenvalue weighted by Gasteiger charge is -2.24. The van der Waals surface area contributed by atoms with Gasteiger partial charge < -0.3 is 10.0 Å². The molecule has 0 radical (unpaired) electrons. The maximum atomic E-state index is 12.1. The molecule has 5 heteroatoms. The molecule has 0 aromatic carbocycles. The lowest BCUT2D eigenvalue weighted by molar-refractivity contribution is -0.142. The third-order valence-electron chi connectivity index (χ3n) is 3.51. The minimum atomic E-state index is -0.854. The number of likely N-dealkylation sites (N-methyl/N-ethyl adjacent to an activating group) is 1. The number of carbonyl (C=O) groups is 2. The number of aliphatic carboxylic acids is 1. The van der Waals surface area contributed by atoms with E-state index in [-0.39, 0.29) is 17.9 Å². The highest BCUT2D eigenvalue weighted by Gasteiger charge is 2.49. The fraction of sp³-hybridized carbons (Fsp3) is 0.538. The van der Waals surface area contributed by atoms with Crippen LogP contribution in [0.25, 0.3) is 0 Å². The fourth-order valence-electron chi connectivity index (χ4n) is 2.08. The molecular weight excluding hydrogens is 250 g/mol. The zero-order valence-corrected chi connectivity index (χ0v) is 11.3. The van der Waals surface area contributed by atoms with Gasteiger partial charge in [0.2, 0.25) is 5.91 Å². The van der Waals surface area contributed by atoms with Crippen molar-refractivity contribution in [3.63, 3.8) is 0 Å². The van der Waals surface area contributed by atoms with Gasteiger partial charge in [-0.3, -0.25) is 9.59 Å². The van der Waals surface area contributed by atoms with Crippen LogP contribution < -0.4 is 0 Å². The molecule has 1 aliphatic rings. The molecular formula is C13H17NO3S. The molecule has 0 aliphatic heterocycles. The highest BCUT2D eigenvalue weighted by Crippen LogP contribution is 2.40. The molecule has 1 N–H and O–H groups in total. The molecule has 18 heavy (non-hydrogen) atoms. The van der Waals surface area contributed by atoms with Crippen molar-refractivity contribution in [1.82, 2.24) is 4.90 Å². The topological polar surface area (TPSA) is 57.6 Å². The number of amides is 1. The molecule has 0 bridgehead atoms. The van der Waals surface area contributed by atoms with Crippen molar-refractivity contribution in [1.29, 1.82) is 0 Å². The molecule has 1 heterocycles. The highest BCUT2D eigenvalue weighted by molar-refractivity contribution is 7.09. The summed E-state index contributed by atoms with van der Waals surface area (Å²) in [6.07, 6.45) is 1.31. The summed E-state index contributed by atoms with van der Waals surface area (Å²) < 4.78 is 0. The third kappa shape index (κ3) is 2.72. The minimum absolute atomic E-state index is 0.0357. The summed E-state index contributed by atoms with van der Waals surface area (Å²) in [5.41, 5.74) is 0. The van der Waals surface area contributed by atoms with Gasteiger partial charge >= 0.3 is 5.97 Å². The first-order valence-electron chi connectivity index (χ1n) is 6.02. The molecule has 1 aromatic rings. The first-order chi connectivity index (χ1) is 8.50. The Bertz CT molecular complexity index is 443. The number of nitrogens with zero attached hydrogens (tertiary/aromatic N) is 1. The Morgan fingerprint density at radius 1 is 1.56 bits per heavy atom. The number of hydrogen-bond acceptors (Lipinski definition) is 3. The van der Waals surface area contributed by atoms with E-state index in [2.05, 4.69) is 6.07 Å². The zero-order chi connectivity index (χ0) is 13.3. The van der Waals surface area contributed by atoms with Gasteiger partial charge in [0.1, 0.15) is 0 Å². The standard InChI is InChI=1S/C13H17NO3S/c1-8(6-9-4-3-5-18-9)14(2)12(15)10-7-11(10)13(16)17/h3-5,8,10-11H,6-7H2,1-2H3,(H,16,17)/t8?,10-,11+/m1/s1. The highest BCUT2D eigenvalue weighted by atomic mass is 32.1. The van der Waals surface area contributed by atoms with E-state index < -0.39 is 11.9 Å². The van der Waals surface area contributed by atoms with Crippen molar-refractivity contribution < 1.29 is 14.7 Å². The van der Waals surface area contributed by atoms with Crippen molar-refractivity contribution in [2.45, 2.75) is 25.8 Å². The van der Waals surface area contributed by atoms with E-state index >= 15 is 0 Å². The maximum Gasteiger partial charge on any atom is 0.307 e. The Labute approximate surface area is 110 Å². The molecule has 4 nitrogen and oxygen atoms in total. The molecule has 1 amide bonds. The van der Waals surface area contributed by atoms with E-state index in [0.717, 1.165) is 6.42 Å². The molecule has 0 spiro atoms. The van der Waals surface area contributed by atoms with E-state index in [1.165, 1.54) is 4.88 Å².